The van der Waals surface area contributed by atoms with E-state index in [0.717, 1.165) is 5.39 Å². The molecule has 2 aromatic rings. The van der Waals surface area contributed by atoms with Crippen LogP contribution in [0.3, 0.4) is 0 Å². The zero-order valence-corrected chi connectivity index (χ0v) is 10.5. The lowest BCUT2D eigenvalue weighted by molar-refractivity contribution is -0.165. The van der Waals surface area contributed by atoms with Crippen molar-refractivity contribution in [2.24, 2.45) is 0 Å². The molecule has 1 heterocycles. The highest BCUT2D eigenvalue weighted by Gasteiger charge is 2.36. The smallest absolute Gasteiger partial charge is 0.357 e. The van der Waals surface area contributed by atoms with Gasteiger partial charge in [-0.1, -0.05) is 18.2 Å². The summed E-state index contributed by atoms with van der Waals surface area (Å²) in [6.45, 7) is 1.39. The van der Waals surface area contributed by atoms with Crippen LogP contribution < -0.4 is 5.32 Å². The molecule has 20 heavy (non-hydrogen) atoms. The predicted octanol–water partition coefficient (Wildman–Crippen LogP) is 3.68. The highest BCUT2D eigenvalue weighted by molar-refractivity contribution is 5.96. The highest BCUT2D eigenvalue weighted by atomic mass is 19.4. The van der Waals surface area contributed by atoms with E-state index in [9.17, 15) is 18.0 Å². The van der Waals surface area contributed by atoms with E-state index in [4.69, 9.17) is 0 Å². The zero-order chi connectivity index (χ0) is 14.8. The Morgan fingerprint density at radius 3 is 2.65 bits per heavy atom. The minimum Gasteiger partial charge on any atom is -0.357 e. The summed E-state index contributed by atoms with van der Waals surface area (Å²) in [6, 6.07) is 8.89. The molecule has 0 atom stereocenters. The molecular weight excluding hydrogens is 269 g/mol. The van der Waals surface area contributed by atoms with E-state index >= 15 is 0 Å². The number of pyridine rings is 1. The van der Waals surface area contributed by atoms with Crippen LogP contribution in [-0.2, 0) is 4.79 Å². The Balaban J connectivity index is 2.29. The highest BCUT2D eigenvalue weighted by Crippen LogP contribution is 2.23. The number of ketones is 1. The quantitative estimate of drug-likeness (QED) is 0.872. The van der Waals surface area contributed by atoms with Crippen LogP contribution in [0.4, 0.5) is 18.9 Å². The van der Waals surface area contributed by atoms with E-state index in [1.54, 1.807) is 24.4 Å². The molecule has 0 spiro atoms. The maximum Gasteiger partial charge on any atom is 0.454 e. The number of halogens is 3. The Kier molecular flexibility index (Phi) is 3.74. The summed E-state index contributed by atoms with van der Waals surface area (Å²) in [5, 5.41) is 3.62. The normalized spacial score (nSPS) is 12.5. The molecule has 0 saturated heterocycles. The molecule has 104 valence electrons. The van der Waals surface area contributed by atoms with Gasteiger partial charge in [0.05, 0.1) is 11.2 Å². The summed E-state index contributed by atoms with van der Waals surface area (Å²) in [5.41, 5.74) is 1.28. The average molecular weight is 280 g/mol. The topological polar surface area (TPSA) is 42.0 Å². The monoisotopic (exact) mass is 280 g/mol. The molecule has 6 heteroatoms. The van der Waals surface area contributed by atoms with Crippen molar-refractivity contribution in [3.63, 3.8) is 0 Å². The number of anilines is 1. The number of carbonyl (C=O) groups is 1. The number of nitrogens with zero attached hydrogens (tertiary/aromatic N) is 1. The van der Waals surface area contributed by atoms with Gasteiger partial charge >= 0.3 is 6.18 Å². The fraction of sp³-hybridized carbons (Fsp3) is 0.143. The lowest BCUT2D eigenvalue weighted by atomic mass is 10.2. The second kappa shape index (κ2) is 5.32. The van der Waals surface area contributed by atoms with Crippen molar-refractivity contribution < 1.29 is 18.0 Å². The molecular formula is C14H11F3N2O. The maximum absolute atomic E-state index is 12.2. The standard InChI is InChI=1S/C14H11F3N2O/c1-9(8-12(20)14(15,16)17)19-11-6-2-4-10-5-3-7-18-13(10)11/h2-8,19H,1H3/b9-8+. The molecule has 0 aliphatic rings. The summed E-state index contributed by atoms with van der Waals surface area (Å²) >= 11 is 0. The maximum atomic E-state index is 12.2. The van der Waals surface area contributed by atoms with Gasteiger partial charge in [0, 0.05) is 23.4 Å². The zero-order valence-electron chi connectivity index (χ0n) is 10.5. The third kappa shape index (κ3) is 3.14. The van der Waals surface area contributed by atoms with Crippen molar-refractivity contribution in [1.29, 1.82) is 0 Å². The number of hydrogen-bond donors (Lipinski definition) is 1. The lowest BCUT2D eigenvalue weighted by Crippen LogP contribution is -2.21. The number of allylic oxidation sites excluding steroid dienone is 2. The fourth-order valence-corrected chi connectivity index (χ4v) is 1.73. The number of fused-ring (bicyclic) bond motifs is 1. The number of alkyl halides is 3. The van der Waals surface area contributed by atoms with Crippen LogP contribution >= 0.6 is 0 Å². The van der Waals surface area contributed by atoms with Crippen molar-refractivity contribution >= 4 is 22.4 Å². The summed E-state index contributed by atoms with van der Waals surface area (Å²) in [5.74, 6) is -1.89. The van der Waals surface area contributed by atoms with E-state index in [-0.39, 0.29) is 5.70 Å². The van der Waals surface area contributed by atoms with Crippen molar-refractivity contribution in [1.82, 2.24) is 4.98 Å². The Labute approximate surface area is 113 Å². The molecule has 0 radical (unpaired) electrons. The van der Waals surface area contributed by atoms with Crippen molar-refractivity contribution in [2.45, 2.75) is 13.1 Å². The predicted molar refractivity (Wildman–Crippen MR) is 70.2 cm³/mol. The largest absolute Gasteiger partial charge is 0.454 e. The lowest BCUT2D eigenvalue weighted by Gasteiger charge is -2.09. The SMILES string of the molecule is C/C(=C\C(=O)C(F)(F)F)Nc1cccc2cccnc12. The summed E-state index contributed by atoms with van der Waals surface area (Å²) in [6.07, 6.45) is -2.74. The molecule has 1 N–H and O–H groups in total. The van der Waals surface area contributed by atoms with Gasteiger partial charge in [-0.2, -0.15) is 13.2 Å². The second-order valence-corrected chi connectivity index (χ2v) is 4.20. The second-order valence-electron chi connectivity index (χ2n) is 4.20. The van der Waals surface area contributed by atoms with Gasteiger partial charge in [-0.05, 0) is 19.1 Å². The van der Waals surface area contributed by atoms with Gasteiger partial charge in [-0.3, -0.25) is 9.78 Å². The van der Waals surface area contributed by atoms with Crippen molar-refractivity contribution in [3.05, 3.63) is 48.3 Å². The molecule has 0 bridgehead atoms. The van der Waals surface area contributed by atoms with E-state index in [1.165, 1.54) is 6.92 Å². The number of aromatic nitrogens is 1. The molecule has 2 rings (SSSR count). The summed E-state index contributed by atoms with van der Waals surface area (Å²) < 4.78 is 36.5. The van der Waals surface area contributed by atoms with E-state index in [2.05, 4.69) is 10.3 Å². The first-order chi connectivity index (χ1) is 9.38. The fourth-order valence-electron chi connectivity index (χ4n) is 1.73. The van der Waals surface area contributed by atoms with Crippen LogP contribution in [0.5, 0.6) is 0 Å². The van der Waals surface area contributed by atoms with E-state index < -0.39 is 12.0 Å². The molecule has 0 fully saturated rings. The summed E-state index contributed by atoms with van der Waals surface area (Å²) in [7, 11) is 0. The molecule has 3 nitrogen and oxygen atoms in total. The first-order valence-electron chi connectivity index (χ1n) is 5.78. The molecule has 1 aromatic carbocycles. The number of hydrogen-bond acceptors (Lipinski definition) is 3. The molecule has 0 aliphatic heterocycles. The molecule has 0 amide bonds. The first-order valence-corrected chi connectivity index (χ1v) is 5.78. The van der Waals surface area contributed by atoms with Crippen LogP contribution in [0.2, 0.25) is 0 Å². The van der Waals surface area contributed by atoms with Crippen molar-refractivity contribution in [2.75, 3.05) is 5.32 Å². The van der Waals surface area contributed by atoms with Crippen LogP contribution in [0.25, 0.3) is 10.9 Å². The van der Waals surface area contributed by atoms with Crippen LogP contribution in [-0.4, -0.2) is 16.9 Å². The Morgan fingerprint density at radius 2 is 1.95 bits per heavy atom. The first kappa shape index (κ1) is 14.0. The van der Waals surface area contributed by atoms with Gasteiger partial charge in [0.25, 0.3) is 5.78 Å². The van der Waals surface area contributed by atoms with Gasteiger partial charge in [0.1, 0.15) is 0 Å². The molecule has 0 aliphatic carbocycles. The van der Waals surface area contributed by atoms with Crippen LogP contribution in [0.1, 0.15) is 6.92 Å². The van der Waals surface area contributed by atoms with Crippen LogP contribution in [0, 0.1) is 0 Å². The Morgan fingerprint density at radius 1 is 1.25 bits per heavy atom. The number of para-hydroxylation sites is 1. The number of carbonyl (C=O) groups excluding carboxylic acids is 1. The average Bonchev–Trinajstić information content (AvgIpc) is 2.38. The van der Waals surface area contributed by atoms with Crippen molar-refractivity contribution in [3.8, 4) is 0 Å². The van der Waals surface area contributed by atoms with Gasteiger partial charge in [0.15, 0.2) is 0 Å². The third-order valence-electron chi connectivity index (χ3n) is 2.59. The van der Waals surface area contributed by atoms with E-state index in [0.29, 0.717) is 17.3 Å². The number of benzene rings is 1. The number of rotatable bonds is 3. The molecule has 0 unspecified atom stereocenters. The van der Waals surface area contributed by atoms with E-state index in [1.807, 2.05) is 12.1 Å². The van der Waals surface area contributed by atoms with Gasteiger partial charge in [-0.15, -0.1) is 0 Å². The minimum atomic E-state index is -4.86. The van der Waals surface area contributed by atoms with Gasteiger partial charge in [-0.25, -0.2) is 0 Å². The van der Waals surface area contributed by atoms with Gasteiger partial charge < -0.3 is 5.32 Å². The van der Waals surface area contributed by atoms with Gasteiger partial charge in [0.2, 0.25) is 0 Å². The third-order valence-corrected chi connectivity index (χ3v) is 2.59. The number of nitrogens with one attached hydrogen (secondary N) is 1. The Hall–Kier alpha value is -2.37. The molecule has 1 aromatic heterocycles. The minimum absolute atomic E-state index is 0.102. The van der Waals surface area contributed by atoms with Crippen LogP contribution in [0.15, 0.2) is 48.3 Å². The molecule has 0 saturated carbocycles. The Bertz CT molecular complexity index is 672. The summed E-state index contributed by atoms with van der Waals surface area (Å²) in [4.78, 5) is 15.0.